The molecule has 0 amide bonds. The fourth-order valence-electron chi connectivity index (χ4n) is 2.73. The van der Waals surface area contributed by atoms with Crippen LogP contribution in [0.4, 0.5) is 5.95 Å². The molecule has 4 aromatic rings. The Morgan fingerprint density at radius 1 is 0.821 bits per heavy atom. The second-order valence-corrected chi connectivity index (χ2v) is 7.97. The normalized spacial score (nSPS) is 11.3. The van der Waals surface area contributed by atoms with Crippen LogP contribution in [0.25, 0.3) is 17.1 Å². The molecule has 1 heterocycles. The van der Waals surface area contributed by atoms with Crippen molar-refractivity contribution in [1.82, 2.24) is 14.8 Å². The molecule has 0 saturated heterocycles. The van der Waals surface area contributed by atoms with Gasteiger partial charge in [-0.25, -0.2) is 13.1 Å². The smallest absolute Gasteiger partial charge is 0.247 e. The molecular weight excluding hydrogens is 372 g/mol. The lowest BCUT2D eigenvalue weighted by molar-refractivity contribution is 0.600. The molecule has 1 aromatic heterocycles. The lowest BCUT2D eigenvalue weighted by Gasteiger charge is -2.09. The van der Waals surface area contributed by atoms with Gasteiger partial charge < -0.3 is 0 Å². The van der Waals surface area contributed by atoms with Crippen molar-refractivity contribution < 1.29 is 8.42 Å². The zero-order valence-corrected chi connectivity index (χ0v) is 16.0. The molecular formula is C21H18N4O2S. The average molecular weight is 390 g/mol. The van der Waals surface area contributed by atoms with E-state index < -0.39 is 10.0 Å². The standard InChI is InChI=1S/C21H18N4O2S/c1-16-12-14-19(15-13-16)28(26,27)24-21-22-20(17-8-4-2-5-9-17)23-25(21)18-10-6-3-7-11-18/h2-15H,1H3,(H,22,23,24). The van der Waals surface area contributed by atoms with Crippen molar-refractivity contribution in [2.45, 2.75) is 11.8 Å². The van der Waals surface area contributed by atoms with E-state index in [-0.39, 0.29) is 10.8 Å². The summed E-state index contributed by atoms with van der Waals surface area (Å²) in [6, 6.07) is 25.4. The van der Waals surface area contributed by atoms with Gasteiger partial charge in [-0.1, -0.05) is 66.2 Å². The molecule has 7 heteroatoms. The van der Waals surface area contributed by atoms with Gasteiger partial charge in [0.2, 0.25) is 5.95 Å². The fourth-order valence-corrected chi connectivity index (χ4v) is 3.72. The second-order valence-electron chi connectivity index (χ2n) is 6.29. The van der Waals surface area contributed by atoms with Crippen LogP contribution < -0.4 is 4.72 Å². The summed E-state index contributed by atoms with van der Waals surface area (Å²) < 4.78 is 29.8. The van der Waals surface area contributed by atoms with E-state index in [0.717, 1.165) is 11.1 Å². The summed E-state index contributed by atoms with van der Waals surface area (Å²) in [7, 11) is -3.80. The van der Waals surface area contributed by atoms with Crippen molar-refractivity contribution in [3.05, 3.63) is 90.5 Å². The van der Waals surface area contributed by atoms with Crippen LogP contribution in [0.15, 0.2) is 89.8 Å². The third-order valence-corrected chi connectivity index (χ3v) is 5.54. The number of rotatable bonds is 5. The summed E-state index contributed by atoms with van der Waals surface area (Å²) in [6.45, 7) is 1.90. The van der Waals surface area contributed by atoms with Crippen molar-refractivity contribution in [3.63, 3.8) is 0 Å². The van der Waals surface area contributed by atoms with Gasteiger partial charge in [0.05, 0.1) is 10.6 Å². The number of aryl methyl sites for hydroxylation is 1. The molecule has 0 saturated carbocycles. The van der Waals surface area contributed by atoms with Crippen molar-refractivity contribution in [2.75, 3.05) is 4.72 Å². The predicted octanol–water partition coefficient (Wildman–Crippen LogP) is 4.04. The van der Waals surface area contributed by atoms with Gasteiger partial charge in [0.15, 0.2) is 5.82 Å². The first-order chi connectivity index (χ1) is 13.5. The molecule has 140 valence electrons. The minimum atomic E-state index is -3.80. The van der Waals surface area contributed by atoms with Gasteiger partial charge >= 0.3 is 0 Å². The number of aromatic nitrogens is 3. The maximum Gasteiger partial charge on any atom is 0.264 e. The quantitative estimate of drug-likeness (QED) is 0.558. The number of benzene rings is 3. The number of para-hydroxylation sites is 1. The van der Waals surface area contributed by atoms with E-state index in [2.05, 4.69) is 14.8 Å². The molecule has 0 bridgehead atoms. The summed E-state index contributed by atoms with van der Waals surface area (Å²) in [5.74, 6) is 0.566. The molecule has 0 aliphatic carbocycles. The lowest BCUT2D eigenvalue weighted by atomic mass is 10.2. The molecule has 0 unspecified atom stereocenters. The van der Waals surface area contributed by atoms with Crippen molar-refractivity contribution in [2.24, 2.45) is 0 Å². The Morgan fingerprint density at radius 3 is 2.07 bits per heavy atom. The van der Waals surface area contributed by atoms with E-state index in [1.54, 1.807) is 24.3 Å². The number of hydrogen-bond donors (Lipinski definition) is 1. The minimum absolute atomic E-state index is 0.130. The summed E-state index contributed by atoms with van der Waals surface area (Å²) in [6.07, 6.45) is 0. The van der Waals surface area contributed by atoms with Gasteiger partial charge in [0.25, 0.3) is 10.0 Å². The van der Waals surface area contributed by atoms with Crippen LogP contribution in [0.2, 0.25) is 0 Å². The molecule has 0 atom stereocenters. The molecule has 1 N–H and O–H groups in total. The zero-order valence-electron chi connectivity index (χ0n) is 15.1. The highest BCUT2D eigenvalue weighted by molar-refractivity contribution is 7.92. The summed E-state index contributed by atoms with van der Waals surface area (Å²) in [5, 5.41) is 4.52. The van der Waals surface area contributed by atoms with Crippen LogP contribution in [0.1, 0.15) is 5.56 Å². The van der Waals surface area contributed by atoms with Gasteiger partial charge in [-0.15, -0.1) is 5.10 Å². The van der Waals surface area contributed by atoms with E-state index in [4.69, 9.17) is 0 Å². The van der Waals surface area contributed by atoms with Gasteiger partial charge in [0.1, 0.15) is 0 Å². The monoisotopic (exact) mass is 390 g/mol. The first-order valence-corrected chi connectivity index (χ1v) is 10.2. The van der Waals surface area contributed by atoms with Crippen LogP contribution in [-0.2, 0) is 10.0 Å². The minimum Gasteiger partial charge on any atom is -0.247 e. The van der Waals surface area contributed by atoms with E-state index in [1.165, 1.54) is 4.68 Å². The molecule has 0 aliphatic heterocycles. The number of nitrogens with one attached hydrogen (secondary N) is 1. The summed E-state index contributed by atoms with van der Waals surface area (Å²) in [4.78, 5) is 4.62. The van der Waals surface area contributed by atoms with Crippen LogP contribution >= 0.6 is 0 Å². The van der Waals surface area contributed by atoms with Crippen molar-refractivity contribution >= 4 is 16.0 Å². The first-order valence-electron chi connectivity index (χ1n) is 8.70. The molecule has 28 heavy (non-hydrogen) atoms. The third kappa shape index (κ3) is 3.65. The SMILES string of the molecule is Cc1ccc(S(=O)(=O)Nc2nc(-c3ccccc3)nn2-c2ccccc2)cc1. The average Bonchev–Trinajstić information content (AvgIpc) is 3.13. The van der Waals surface area contributed by atoms with Crippen LogP contribution in [-0.4, -0.2) is 23.2 Å². The Kier molecular flexibility index (Phi) is 4.67. The molecule has 3 aromatic carbocycles. The Morgan fingerprint density at radius 2 is 1.43 bits per heavy atom. The fraction of sp³-hybridized carbons (Fsp3) is 0.0476. The zero-order chi connectivity index (χ0) is 19.6. The van der Waals surface area contributed by atoms with E-state index in [1.807, 2.05) is 67.6 Å². The highest BCUT2D eigenvalue weighted by atomic mass is 32.2. The number of anilines is 1. The second kappa shape index (κ2) is 7.28. The number of nitrogens with zero attached hydrogens (tertiary/aromatic N) is 3. The number of hydrogen-bond acceptors (Lipinski definition) is 4. The maximum absolute atomic E-state index is 12.8. The summed E-state index contributed by atoms with van der Waals surface area (Å²) >= 11 is 0. The van der Waals surface area contributed by atoms with Gasteiger partial charge in [0, 0.05) is 5.56 Å². The molecule has 0 fully saturated rings. The van der Waals surface area contributed by atoms with E-state index >= 15 is 0 Å². The van der Waals surface area contributed by atoms with Gasteiger partial charge in [-0.2, -0.15) is 9.67 Å². The largest absolute Gasteiger partial charge is 0.264 e. The topological polar surface area (TPSA) is 76.9 Å². The van der Waals surface area contributed by atoms with Crippen LogP contribution in [0.5, 0.6) is 0 Å². The van der Waals surface area contributed by atoms with E-state index in [9.17, 15) is 8.42 Å². The van der Waals surface area contributed by atoms with Crippen LogP contribution in [0.3, 0.4) is 0 Å². The highest BCUT2D eigenvalue weighted by Crippen LogP contribution is 2.23. The van der Waals surface area contributed by atoms with Crippen molar-refractivity contribution in [3.8, 4) is 17.1 Å². The molecule has 0 aliphatic rings. The first kappa shape index (κ1) is 17.9. The molecule has 0 spiro atoms. The Labute approximate surface area is 163 Å². The van der Waals surface area contributed by atoms with E-state index in [0.29, 0.717) is 11.5 Å². The molecule has 0 radical (unpaired) electrons. The summed E-state index contributed by atoms with van der Waals surface area (Å²) in [5.41, 5.74) is 2.49. The highest BCUT2D eigenvalue weighted by Gasteiger charge is 2.20. The number of sulfonamides is 1. The van der Waals surface area contributed by atoms with Gasteiger partial charge in [-0.05, 0) is 31.2 Å². The molecule has 6 nitrogen and oxygen atoms in total. The van der Waals surface area contributed by atoms with Crippen molar-refractivity contribution in [1.29, 1.82) is 0 Å². The molecule has 4 rings (SSSR count). The Hall–Kier alpha value is -3.45. The lowest BCUT2D eigenvalue weighted by Crippen LogP contribution is -2.16. The Bertz CT molecular complexity index is 1190. The maximum atomic E-state index is 12.8. The van der Waals surface area contributed by atoms with Crippen LogP contribution in [0, 0.1) is 6.92 Å². The third-order valence-electron chi connectivity index (χ3n) is 4.20. The Balaban J connectivity index is 1.79. The predicted molar refractivity (Wildman–Crippen MR) is 109 cm³/mol. The van der Waals surface area contributed by atoms with Gasteiger partial charge in [-0.3, -0.25) is 0 Å².